The molecule has 0 heterocycles. The van der Waals surface area contributed by atoms with Crippen LogP contribution in [0.25, 0.3) is 0 Å². The second kappa shape index (κ2) is 4.77. The van der Waals surface area contributed by atoms with Crippen LogP contribution in [-0.4, -0.2) is 20.0 Å². The molecule has 0 spiro atoms. The second-order valence-corrected chi connectivity index (χ2v) is 2.49. The average Bonchev–Trinajstić information content (AvgIpc) is 2.18. The van der Waals surface area contributed by atoms with Crippen molar-refractivity contribution in [2.75, 3.05) is 7.11 Å². The number of carbonyl (C=O) groups excluding carboxylic acids is 1. The Bertz CT molecular complexity index is 286. The van der Waals surface area contributed by atoms with Crippen LogP contribution in [-0.2, 0) is 4.65 Å². The minimum atomic E-state index is -0.433. The van der Waals surface area contributed by atoms with E-state index in [9.17, 15) is 4.79 Å². The van der Waals surface area contributed by atoms with Gasteiger partial charge in [0.15, 0.2) is 0 Å². The quantitative estimate of drug-likeness (QED) is 0.688. The zero-order valence-electron chi connectivity index (χ0n) is 7.12. The third-order valence-electron chi connectivity index (χ3n) is 1.51. The summed E-state index contributed by atoms with van der Waals surface area (Å²) in [5.41, 5.74) is 0.460. The Labute approximate surface area is 81.8 Å². The maximum atomic E-state index is 11.1. The molecule has 0 unspecified atom stereocenters. The molecular formula is C8H8BClO3. The molecule has 0 saturated heterocycles. The molecule has 0 aliphatic heterocycles. The lowest BCUT2D eigenvalue weighted by atomic mass is 10.2. The van der Waals surface area contributed by atoms with Crippen LogP contribution in [0.15, 0.2) is 24.3 Å². The van der Waals surface area contributed by atoms with E-state index in [1.807, 2.05) is 0 Å². The van der Waals surface area contributed by atoms with E-state index in [4.69, 9.17) is 16.2 Å². The largest absolute Gasteiger partial charge is 0.520 e. The molecule has 1 rings (SSSR count). The summed E-state index contributed by atoms with van der Waals surface area (Å²) in [6.07, 6.45) is 0. The Hall–Kier alpha value is -1.16. The number of rotatable bonds is 3. The first-order valence-corrected chi connectivity index (χ1v) is 4.18. The van der Waals surface area contributed by atoms with Gasteiger partial charge in [0.1, 0.15) is 5.75 Å². The van der Waals surface area contributed by atoms with Gasteiger partial charge >= 0.3 is 12.9 Å². The zero-order chi connectivity index (χ0) is 9.68. The SMILES string of the molecule is COc1ccc(C(=O)OBCl)cc1. The summed E-state index contributed by atoms with van der Waals surface area (Å²) in [4.78, 5) is 11.1. The molecule has 0 radical (unpaired) electrons. The number of halogens is 1. The fourth-order valence-corrected chi connectivity index (χ4v) is 0.959. The molecule has 0 aliphatic carbocycles. The Morgan fingerprint density at radius 3 is 2.46 bits per heavy atom. The summed E-state index contributed by atoms with van der Waals surface area (Å²) < 4.78 is 9.52. The number of methoxy groups -OCH3 is 1. The van der Waals surface area contributed by atoms with Gasteiger partial charge in [-0.2, -0.15) is 0 Å². The van der Waals surface area contributed by atoms with E-state index in [1.165, 1.54) is 0 Å². The molecule has 0 atom stereocenters. The Balaban J connectivity index is 2.74. The fourth-order valence-electron chi connectivity index (χ4n) is 0.860. The summed E-state index contributed by atoms with van der Waals surface area (Å²) >= 11 is 5.24. The van der Waals surface area contributed by atoms with Gasteiger partial charge in [0.2, 0.25) is 0 Å². The number of carbonyl (C=O) groups is 1. The fraction of sp³-hybridized carbons (Fsp3) is 0.125. The van der Waals surface area contributed by atoms with Crippen molar-refractivity contribution in [1.82, 2.24) is 0 Å². The molecule has 0 saturated carbocycles. The monoisotopic (exact) mass is 198 g/mol. The number of benzene rings is 1. The standard InChI is InChI=1S/C8H8BClO3/c1-12-7-4-2-6(3-5-7)8(11)13-9-10/h2-5,9H,1H3. The molecule has 0 bridgehead atoms. The smallest absolute Gasteiger partial charge is 0.448 e. The highest BCUT2D eigenvalue weighted by atomic mass is 35.5. The van der Waals surface area contributed by atoms with Crippen LogP contribution in [0, 0.1) is 0 Å². The van der Waals surface area contributed by atoms with E-state index in [0.717, 1.165) is 0 Å². The number of hydrogen-bond donors (Lipinski definition) is 0. The maximum absolute atomic E-state index is 11.1. The van der Waals surface area contributed by atoms with E-state index in [0.29, 0.717) is 11.3 Å². The van der Waals surface area contributed by atoms with Crippen molar-refractivity contribution in [3.8, 4) is 5.75 Å². The van der Waals surface area contributed by atoms with Crippen LogP contribution < -0.4 is 4.74 Å². The maximum Gasteiger partial charge on any atom is 0.448 e. The van der Waals surface area contributed by atoms with Gasteiger partial charge in [-0.05, 0) is 24.3 Å². The van der Waals surface area contributed by atoms with E-state index < -0.39 is 5.97 Å². The Morgan fingerprint density at radius 2 is 2.00 bits per heavy atom. The Morgan fingerprint density at radius 1 is 1.38 bits per heavy atom. The first-order valence-electron chi connectivity index (χ1n) is 3.65. The highest BCUT2D eigenvalue weighted by Crippen LogP contribution is 2.11. The van der Waals surface area contributed by atoms with Gasteiger partial charge in [0.25, 0.3) is 0 Å². The van der Waals surface area contributed by atoms with E-state index in [-0.39, 0.29) is 6.90 Å². The molecule has 0 aromatic heterocycles. The van der Waals surface area contributed by atoms with Crippen LogP contribution in [0.3, 0.4) is 0 Å². The van der Waals surface area contributed by atoms with Gasteiger partial charge < -0.3 is 9.39 Å². The van der Waals surface area contributed by atoms with Crippen molar-refractivity contribution < 1.29 is 14.2 Å². The highest BCUT2D eigenvalue weighted by Gasteiger charge is 2.05. The summed E-state index contributed by atoms with van der Waals surface area (Å²) in [6, 6.07) is 6.61. The molecule has 0 N–H and O–H groups in total. The molecule has 13 heavy (non-hydrogen) atoms. The lowest BCUT2D eigenvalue weighted by Gasteiger charge is -2.02. The van der Waals surface area contributed by atoms with Gasteiger partial charge in [-0.25, -0.2) is 4.79 Å². The van der Waals surface area contributed by atoms with Gasteiger partial charge in [-0.1, -0.05) is 0 Å². The highest BCUT2D eigenvalue weighted by molar-refractivity contribution is 6.90. The summed E-state index contributed by atoms with van der Waals surface area (Å²) in [6.45, 7) is -0.134. The molecule has 3 nitrogen and oxygen atoms in total. The van der Waals surface area contributed by atoms with Gasteiger partial charge in [0.05, 0.1) is 12.7 Å². The Kier molecular flexibility index (Phi) is 3.64. The van der Waals surface area contributed by atoms with Crippen molar-refractivity contribution in [1.29, 1.82) is 0 Å². The van der Waals surface area contributed by atoms with Crippen LogP contribution in [0.1, 0.15) is 10.4 Å². The minimum Gasteiger partial charge on any atom is -0.520 e. The lowest BCUT2D eigenvalue weighted by Crippen LogP contribution is -2.05. The van der Waals surface area contributed by atoms with E-state index in [2.05, 4.69) is 4.65 Å². The zero-order valence-corrected chi connectivity index (χ0v) is 7.88. The normalized spacial score (nSPS) is 9.08. The van der Waals surface area contributed by atoms with Crippen molar-refractivity contribution in [3.05, 3.63) is 29.8 Å². The summed E-state index contributed by atoms with van der Waals surface area (Å²) in [5.74, 6) is 0.264. The first kappa shape index (κ1) is 9.93. The summed E-state index contributed by atoms with van der Waals surface area (Å²) in [5, 5.41) is 0. The van der Waals surface area contributed by atoms with Crippen LogP contribution >= 0.6 is 11.5 Å². The van der Waals surface area contributed by atoms with Crippen molar-refractivity contribution in [2.24, 2.45) is 0 Å². The third kappa shape index (κ3) is 2.66. The number of hydrogen-bond acceptors (Lipinski definition) is 3. The molecule has 1 aromatic carbocycles. The van der Waals surface area contributed by atoms with Crippen LogP contribution in [0.4, 0.5) is 0 Å². The molecule has 0 fully saturated rings. The topological polar surface area (TPSA) is 35.5 Å². The predicted octanol–water partition coefficient (Wildman–Crippen LogP) is 1.36. The summed E-state index contributed by atoms with van der Waals surface area (Å²) in [7, 11) is 1.56. The van der Waals surface area contributed by atoms with Crippen molar-refractivity contribution in [3.63, 3.8) is 0 Å². The van der Waals surface area contributed by atoms with Crippen molar-refractivity contribution >= 4 is 24.3 Å². The first-order chi connectivity index (χ1) is 6.27. The van der Waals surface area contributed by atoms with Crippen molar-refractivity contribution in [2.45, 2.75) is 0 Å². The number of ether oxygens (including phenoxy) is 1. The predicted molar refractivity (Wildman–Crippen MR) is 51.4 cm³/mol. The van der Waals surface area contributed by atoms with Gasteiger partial charge in [-0.3, -0.25) is 0 Å². The molecule has 68 valence electrons. The lowest BCUT2D eigenvalue weighted by molar-refractivity contribution is 0.0746. The van der Waals surface area contributed by atoms with Crippen LogP contribution in [0.5, 0.6) is 5.75 Å². The van der Waals surface area contributed by atoms with Gasteiger partial charge in [0, 0.05) is 0 Å². The molecule has 0 amide bonds. The van der Waals surface area contributed by atoms with Crippen LogP contribution in [0.2, 0.25) is 0 Å². The van der Waals surface area contributed by atoms with Gasteiger partial charge in [-0.15, -0.1) is 11.5 Å². The van der Waals surface area contributed by atoms with E-state index >= 15 is 0 Å². The minimum absolute atomic E-state index is 0.134. The molecule has 0 aliphatic rings. The third-order valence-corrected chi connectivity index (χ3v) is 1.62. The average molecular weight is 198 g/mol. The molecule has 5 heteroatoms. The molecular weight excluding hydrogens is 190 g/mol. The second-order valence-electron chi connectivity index (χ2n) is 2.27. The van der Waals surface area contributed by atoms with E-state index in [1.54, 1.807) is 31.4 Å². The molecule has 1 aromatic rings.